The van der Waals surface area contributed by atoms with Crippen molar-refractivity contribution in [3.63, 3.8) is 0 Å². The zero-order chi connectivity index (χ0) is 24.8. The third-order valence-corrected chi connectivity index (χ3v) is 6.19. The van der Waals surface area contributed by atoms with Crippen molar-refractivity contribution in [1.29, 1.82) is 0 Å². The van der Waals surface area contributed by atoms with Gasteiger partial charge in [0.2, 0.25) is 0 Å². The average Bonchev–Trinajstić information content (AvgIpc) is 2.91. The third kappa shape index (κ3) is 5.73. The Morgan fingerprint density at radius 2 is 1.78 bits per heavy atom. The van der Waals surface area contributed by atoms with Crippen LogP contribution in [-0.2, 0) is 0 Å². The standard InChI is InChI=1S/C27H31N7O.H2S/c1-5-34(6-2)25-14-19(10-12-29-25)23-15-24(33-17-32-23)31-16-18(3)20-8-7-9-21-22(27(35)28-4)11-13-30-26(20)21;/h7-15,17-18H,5-6,16H2,1-4H3,(H,28,35)(H,31,32,33);1H2/t18-;/m1./s1. The fraction of sp³-hybridized carbons (Fsp3) is 0.296. The summed E-state index contributed by atoms with van der Waals surface area (Å²) in [6.45, 7) is 8.83. The largest absolute Gasteiger partial charge is 0.369 e. The van der Waals surface area contributed by atoms with Gasteiger partial charge in [-0.1, -0.05) is 25.1 Å². The average molecular weight is 504 g/mol. The second-order valence-corrected chi connectivity index (χ2v) is 8.33. The summed E-state index contributed by atoms with van der Waals surface area (Å²) >= 11 is 0. The molecule has 2 N–H and O–H groups in total. The van der Waals surface area contributed by atoms with E-state index < -0.39 is 0 Å². The molecule has 0 saturated heterocycles. The Kier molecular flexibility index (Phi) is 9.19. The highest BCUT2D eigenvalue weighted by atomic mass is 32.1. The highest BCUT2D eigenvalue weighted by Gasteiger charge is 2.15. The Bertz CT molecular complexity index is 1330. The molecule has 0 aliphatic carbocycles. The number of hydrogen-bond donors (Lipinski definition) is 2. The van der Waals surface area contributed by atoms with Crippen LogP contribution in [0.2, 0.25) is 0 Å². The lowest BCUT2D eigenvalue weighted by atomic mass is 9.96. The molecule has 0 aliphatic rings. The fourth-order valence-electron chi connectivity index (χ4n) is 4.21. The van der Waals surface area contributed by atoms with Gasteiger partial charge in [0.25, 0.3) is 5.91 Å². The van der Waals surface area contributed by atoms with Crippen LogP contribution in [0.3, 0.4) is 0 Å². The van der Waals surface area contributed by atoms with E-state index in [1.165, 1.54) is 0 Å². The minimum atomic E-state index is -0.117. The van der Waals surface area contributed by atoms with Gasteiger partial charge in [-0.05, 0) is 37.6 Å². The summed E-state index contributed by atoms with van der Waals surface area (Å²) in [7, 11) is 1.64. The fourth-order valence-corrected chi connectivity index (χ4v) is 4.21. The molecular formula is C27H33N7OS. The van der Waals surface area contributed by atoms with Crippen LogP contribution < -0.4 is 15.5 Å². The number of amides is 1. The summed E-state index contributed by atoms with van der Waals surface area (Å²) in [6.07, 6.45) is 5.09. The van der Waals surface area contributed by atoms with E-state index in [-0.39, 0.29) is 25.3 Å². The van der Waals surface area contributed by atoms with Crippen LogP contribution in [0.1, 0.15) is 42.6 Å². The van der Waals surface area contributed by atoms with Gasteiger partial charge < -0.3 is 15.5 Å². The van der Waals surface area contributed by atoms with E-state index in [0.717, 1.165) is 52.4 Å². The lowest BCUT2D eigenvalue weighted by Gasteiger charge is -2.20. The van der Waals surface area contributed by atoms with E-state index in [1.54, 1.807) is 25.6 Å². The molecule has 8 nitrogen and oxygen atoms in total. The summed E-state index contributed by atoms with van der Waals surface area (Å²) in [6, 6.07) is 13.7. The number of anilines is 2. The van der Waals surface area contributed by atoms with Crippen LogP contribution in [-0.4, -0.2) is 52.5 Å². The quantitative estimate of drug-likeness (QED) is 0.344. The molecule has 0 spiro atoms. The van der Waals surface area contributed by atoms with Crippen LogP contribution in [0.15, 0.2) is 61.2 Å². The molecule has 1 amide bonds. The van der Waals surface area contributed by atoms with Crippen molar-refractivity contribution in [2.45, 2.75) is 26.7 Å². The second kappa shape index (κ2) is 12.3. The first kappa shape index (κ1) is 26.9. The van der Waals surface area contributed by atoms with E-state index in [4.69, 9.17) is 0 Å². The maximum Gasteiger partial charge on any atom is 0.251 e. The van der Waals surface area contributed by atoms with Gasteiger partial charge >= 0.3 is 0 Å². The molecule has 0 aliphatic heterocycles. The smallest absolute Gasteiger partial charge is 0.251 e. The van der Waals surface area contributed by atoms with Crippen LogP contribution in [0.5, 0.6) is 0 Å². The first-order chi connectivity index (χ1) is 17.0. The molecule has 0 saturated carbocycles. The van der Waals surface area contributed by atoms with E-state index in [0.29, 0.717) is 12.1 Å². The monoisotopic (exact) mass is 503 g/mol. The van der Waals surface area contributed by atoms with Crippen molar-refractivity contribution in [2.75, 3.05) is 36.9 Å². The Labute approximate surface area is 219 Å². The summed E-state index contributed by atoms with van der Waals surface area (Å²) in [4.78, 5) is 32.5. The lowest BCUT2D eigenvalue weighted by Crippen LogP contribution is -2.22. The number of hydrogen-bond acceptors (Lipinski definition) is 7. The molecule has 188 valence electrons. The molecular weight excluding hydrogens is 470 g/mol. The number of pyridine rings is 2. The molecule has 1 aromatic carbocycles. The molecule has 0 bridgehead atoms. The topological polar surface area (TPSA) is 95.9 Å². The normalized spacial score (nSPS) is 11.4. The number of nitrogens with one attached hydrogen (secondary N) is 2. The van der Waals surface area contributed by atoms with E-state index in [1.807, 2.05) is 30.5 Å². The number of aromatic nitrogens is 4. The number of carbonyl (C=O) groups excluding carboxylic acids is 1. The lowest BCUT2D eigenvalue weighted by molar-refractivity contribution is 0.0964. The van der Waals surface area contributed by atoms with Crippen molar-refractivity contribution in [1.82, 2.24) is 25.3 Å². The maximum atomic E-state index is 12.3. The Morgan fingerprint density at radius 1 is 1.00 bits per heavy atom. The summed E-state index contributed by atoms with van der Waals surface area (Å²) < 4.78 is 0. The molecule has 3 aromatic heterocycles. The number of para-hydroxylation sites is 1. The van der Waals surface area contributed by atoms with Crippen LogP contribution in [0.25, 0.3) is 22.2 Å². The first-order valence-corrected chi connectivity index (χ1v) is 11.9. The molecule has 9 heteroatoms. The van der Waals surface area contributed by atoms with Gasteiger partial charge in [0, 0.05) is 62.0 Å². The summed E-state index contributed by atoms with van der Waals surface area (Å²) in [5, 5.41) is 6.99. The molecule has 0 fully saturated rings. The van der Waals surface area contributed by atoms with Crippen molar-refractivity contribution in [3.8, 4) is 11.3 Å². The third-order valence-electron chi connectivity index (χ3n) is 6.19. The van der Waals surface area contributed by atoms with Gasteiger partial charge in [-0.15, -0.1) is 0 Å². The van der Waals surface area contributed by atoms with Crippen LogP contribution in [0.4, 0.5) is 11.6 Å². The highest BCUT2D eigenvalue weighted by Crippen LogP contribution is 2.27. The van der Waals surface area contributed by atoms with Crippen LogP contribution in [0, 0.1) is 0 Å². The minimum Gasteiger partial charge on any atom is -0.369 e. The minimum absolute atomic E-state index is 0. The maximum absolute atomic E-state index is 12.3. The summed E-state index contributed by atoms with van der Waals surface area (Å²) in [5.74, 6) is 1.71. The predicted molar refractivity (Wildman–Crippen MR) is 151 cm³/mol. The zero-order valence-corrected chi connectivity index (χ0v) is 22.1. The van der Waals surface area contributed by atoms with E-state index >= 15 is 0 Å². The van der Waals surface area contributed by atoms with Gasteiger partial charge in [0.1, 0.15) is 18.0 Å². The number of carbonyl (C=O) groups is 1. The SMILES string of the molecule is CCN(CC)c1cc(-c2cc(NC[C@@H](C)c3cccc4c(C(=O)NC)ccnc34)ncn2)ccn1.S. The van der Waals surface area contributed by atoms with Crippen molar-refractivity contribution in [3.05, 3.63) is 72.3 Å². The number of rotatable bonds is 9. The van der Waals surface area contributed by atoms with Crippen LogP contribution >= 0.6 is 13.5 Å². The number of fused-ring (bicyclic) bond motifs is 1. The Morgan fingerprint density at radius 3 is 2.53 bits per heavy atom. The predicted octanol–water partition coefficient (Wildman–Crippen LogP) is 4.62. The number of benzene rings is 1. The van der Waals surface area contributed by atoms with E-state index in [9.17, 15) is 4.79 Å². The Hall–Kier alpha value is -3.72. The molecule has 4 aromatic rings. The molecule has 1 atom stereocenters. The van der Waals surface area contributed by atoms with Crippen molar-refractivity contribution in [2.24, 2.45) is 0 Å². The number of nitrogens with zero attached hydrogens (tertiary/aromatic N) is 5. The van der Waals surface area contributed by atoms with E-state index in [2.05, 4.69) is 68.4 Å². The highest BCUT2D eigenvalue weighted by molar-refractivity contribution is 7.59. The van der Waals surface area contributed by atoms with Crippen molar-refractivity contribution < 1.29 is 4.79 Å². The molecule has 36 heavy (non-hydrogen) atoms. The van der Waals surface area contributed by atoms with Gasteiger partial charge in [0.05, 0.1) is 16.8 Å². The Balaban J connectivity index is 0.00000361. The van der Waals surface area contributed by atoms with Gasteiger partial charge in [-0.25, -0.2) is 15.0 Å². The molecule has 3 heterocycles. The molecule has 4 rings (SSSR count). The molecule has 0 radical (unpaired) electrons. The van der Waals surface area contributed by atoms with Gasteiger partial charge in [0.15, 0.2) is 0 Å². The second-order valence-electron chi connectivity index (χ2n) is 8.33. The zero-order valence-electron chi connectivity index (χ0n) is 21.1. The van der Waals surface area contributed by atoms with Gasteiger partial charge in [-0.2, -0.15) is 13.5 Å². The van der Waals surface area contributed by atoms with Gasteiger partial charge in [-0.3, -0.25) is 9.78 Å². The molecule has 0 unspecified atom stereocenters. The van der Waals surface area contributed by atoms with Crippen molar-refractivity contribution >= 4 is 41.9 Å². The first-order valence-electron chi connectivity index (χ1n) is 11.9. The summed E-state index contributed by atoms with van der Waals surface area (Å²) in [5.41, 5.74) is 4.38.